The van der Waals surface area contributed by atoms with Crippen LogP contribution in [0.5, 0.6) is 11.5 Å². The standard InChI is InChI=1S/C35H40N8O4.C22H27N5O2.C20H21N3O5S.CH4.K.H2O/c1-3-27(2)43-34(44)41(26-38-43)31-11-9-29(10-12-31)39-19-21-40(22-20-39)30-13-15-32(16-14-30)45-23-33-24-46-35(47-33,25-42-36-17-18-37-42)28-7-5-4-6-8-28;1-3-17(2)27-22(29)26(16-23-27)20-6-4-18(5-7-20)24-12-14-25(15-13-24)19-8-10-21(28)11-9-19;1-16-7-9-19(10-8-16)29(24,25)27-14-18-13-26-20(28-18,15-23-21-11-12-22-23)17-5-3-2-4-6-17;;;/h4-18,26-27,33H,3,19-25H2,1-2H3;4-11,16-17,28H,3,12-15H2,1-2H3;2-12,18H,13-15H2,1H3;1H4;;1H2/q;;;;+1;/p-1/t27-,33-,35-;17-;18-,20+;;;/m110.../s1. The van der Waals surface area contributed by atoms with Gasteiger partial charge in [-0.2, -0.15) is 48.6 Å². The van der Waals surface area contributed by atoms with Crippen LogP contribution in [0.2, 0.25) is 0 Å². The number of ether oxygens (including phenoxy) is 5. The third kappa shape index (κ3) is 19.5. The van der Waals surface area contributed by atoms with Gasteiger partial charge in [0.15, 0.2) is 0 Å². The predicted molar refractivity (Wildman–Crippen MR) is 405 cm³/mol. The maximum Gasteiger partial charge on any atom is 1.00 e. The van der Waals surface area contributed by atoms with Gasteiger partial charge >= 0.3 is 62.8 Å². The minimum Gasteiger partial charge on any atom is -0.870 e. The molecule has 4 aliphatic heterocycles. The average Bonchev–Trinajstić information content (AvgIpc) is 1.62. The number of benzene rings is 7. The van der Waals surface area contributed by atoms with Crippen molar-refractivity contribution in [3.8, 4) is 22.9 Å². The zero-order valence-corrected chi connectivity index (χ0v) is 64.9. The van der Waals surface area contributed by atoms with Crippen LogP contribution in [0, 0.1) is 6.92 Å². The second-order valence-electron chi connectivity index (χ2n) is 26.3. The molecule has 108 heavy (non-hydrogen) atoms. The summed E-state index contributed by atoms with van der Waals surface area (Å²) in [6.45, 7) is 18.7. The molecule has 28 nitrogen and oxygen atoms in total. The fraction of sp³-hybridized carbons (Fsp3) is 0.359. The quantitative estimate of drug-likeness (QED) is 0.0496. The maximum absolute atomic E-state index is 12.8. The SMILES string of the molecule is C.CC[C@@H](C)n1ncn(-c2ccc(N3CCN(c4ccc(O)cc4)CC3)cc2)c1=O.CC[C@@H](C)n1ncn(-c2ccc(N3CCN(c4ccc(OC[C@@H]5CO[C@@](Cn6nccn6)(c6ccccc6)O5)cc4)CC3)cc2)c1=O.Cc1ccc(S(=O)(=O)OC[C@@H]2CO[C@@](Cn3nccn3)(c3ccccc3)O2)cc1.[K+].[OH-]. The molecule has 0 bridgehead atoms. The molecule has 4 aliphatic rings. The number of aryl methyl sites for hydroxylation is 1. The zero-order chi connectivity index (χ0) is 72.9. The molecule has 4 aromatic heterocycles. The van der Waals surface area contributed by atoms with Crippen molar-refractivity contribution in [1.82, 2.24) is 58.7 Å². The molecule has 4 saturated heterocycles. The van der Waals surface area contributed by atoms with Crippen molar-refractivity contribution in [3.05, 3.63) is 257 Å². The van der Waals surface area contributed by atoms with E-state index in [0.29, 0.717) is 25.5 Å². The Labute approximate surface area is 671 Å². The first-order valence-electron chi connectivity index (χ1n) is 35.5. The molecule has 30 heteroatoms. The molecule has 0 spiro atoms. The number of phenols is 1. The molecule has 4 fully saturated rings. The van der Waals surface area contributed by atoms with Crippen molar-refractivity contribution in [2.75, 3.05) is 98.4 Å². The predicted octanol–water partition coefficient (Wildman–Crippen LogP) is 7.03. The van der Waals surface area contributed by atoms with Crippen LogP contribution in [0.1, 0.15) is 76.7 Å². The number of hydrogen-bond acceptors (Lipinski definition) is 22. The van der Waals surface area contributed by atoms with Crippen molar-refractivity contribution >= 4 is 32.9 Å². The third-order valence-electron chi connectivity index (χ3n) is 19.3. The molecule has 0 unspecified atom stereocenters. The molecule has 11 aromatic rings. The number of rotatable bonds is 23. The van der Waals surface area contributed by atoms with Crippen molar-refractivity contribution in [2.45, 2.75) is 109 Å². The minimum absolute atomic E-state index is 0. The Hall–Kier alpha value is -9.15. The van der Waals surface area contributed by atoms with E-state index < -0.39 is 27.8 Å². The number of nitrogens with zero attached hydrogens (tertiary/aromatic N) is 16. The largest absolute Gasteiger partial charge is 1.00 e. The second-order valence-corrected chi connectivity index (χ2v) is 27.9. The molecule has 8 heterocycles. The molecule has 0 radical (unpaired) electrons. The van der Waals surface area contributed by atoms with Crippen LogP contribution in [-0.2, 0) is 57.9 Å². The third-order valence-corrected chi connectivity index (χ3v) is 20.6. The summed E-state index contributed by atoms with van der Waals surface area (Å²) in [5.74, 6) is -1.02. The molecule has 15 rings (SSSR count). The van der Waals surface area contributed by atoms with E-state index in [2.05, 4.69) is 93.5 Å². The number of hydrogen-bond donors (Lipinski definition) is 1. The topological polar surface area (TPSA) is 294 Å². The van der Waals surface area contributed by atoms with E-state index >= 15 is 0 Å². The monoisotopic (exact) mass is 1520 g/mol. The first kappa shape index (κ1) is 81.4. The van der Waals surface area contributed by atoms with E-state index in [1.54, 1.807) is 80.3 Å². The van der Waals surface area contributed by atoms with Crippen LogP contribution < -0.4 is 87.1 Å². The number of anilines is 4. The molecule has 2 N–H and O–H groups in total. The van der Waals surface area contributed by atoms with E-state index in [0.717, 1.165) is 116 Å². The molecule has 6 atom stereocenters. The van der Waals surface area contributed by atoms with Gasteiger partial charge in [0.25, 0.3) is 10.1 Å². The normalized spacial score (nSPS) is 19.0. The molecule has 7 aromatic carbocycles. The van der Waals surface area contributed by atoms with Crippen LogP contribution in [-0.4, -0.2) is 169 Å². The summed E-state index contributed by atoms with van der Waals surface area (Å²) in [6, 6.07) is 57.9. The van der Waals surface area contributed by atoms with Gasteiger partial charge in [-0.05, 0) is 143 Å². The van der Waals surface area contributed by atoms with E-state index in [4.69, 9.17) is 27.9 Å². The Morgan fingerprint density at radius 2 is 0.843 bits per heavy atom. The number of phenolic OH excluding ortho intramolecular Hbond substituents is 1. The Bertz CT molecular complexity index is 4780. The molecule has 0 aliphatic carbocycles. The summed E-state index contributed by atoms with van der Waals surface area (Å²) in [5.41, 5.74) is 8.73. The second kappa shape index (κ2) is 37.3. The summed E-state index contributed by atoms with van der Waals surface area (Å²) in [6.07, 6.45) is 10.6. The van der Waals surface area contributed by atoms with Crippen LogP contribution in [0.15, 0.2) is 234 Å². The van der Waals surface area contributed by atoms with E-state index in [9.17, 15) is 23.1 Å². The van der Waals surface area contributed by atoms with Gasteiger partial charge in [0.1, 0.15) is 56.1 Å². The molecule has 564 valence electrons. The fourth-order valence-electron chi connectivity index (χ4n) is 12.9. The van der Waals surface area contributed by atoms with E-state index in [1.165, 1.54) is 27.3 Å². The summed E-state index contributed by atoms with van der Waals surface area (Å²) >= 11 is 0. The van der Waals surface area contributed by atoms with Crippen molar-refractivity contribution in [3.63, 3.8) is 0 Å². The Morgan fingerprint density at radius 3 is 1.22 bits per heavy atom. The Morgan fingerprint density at radius 1 is 0.491 bits per heavy atom. The van der Waals surface area contributed by atoms with Gasteiger partial charge in [0.2, 0.25) is 11.6 Å². The van der Waals surface area contributed by atoms with Gasteiger partial charge in [0.05, 0.1) is 73.0 Å². The van der Waals surface area contributed by atoms with Crippen molar-refractivity contribution < 1.29 is 98.3 Å². The van der Waals surface area contributed by atoms with Crippen LogP contribution >= 0.6 is 0 Å². The fourth-order valence-corrected chi connectivity index (χ4v) is 13.9. The molecular formula is C78H93KN16O12S. The molecular weight excluding hydrogens is 1420 g/mol. The summed E-state index contributed by atoms with van der Waals surface area (Å²) in [4.78, 5) is 38.0. The van der Waals surface area contributed by atoms with E-state index in [-0.39, 0.29) is 119 Å². The zero-order valence-electron chi connectivity index (χ0n) is 60.9. The minimum atomic E-state index is -3.88. The van der Waals surface area contributed by atoms with Crippen molar-refractivity contribution in [1.29, 1.82) is 0 Å². The van der Waals surface area contributed by atoms with E-state index in [1.807, 2.05) is 137 Å². The molecule has 0 saturated carbocycles. The van der Waals surface area contributed by atoms with Gasteiger partial charge in [-0.1, -0.05) is 99.6 Å². The van der Waals surface area contributed by atoms with Crippen LogP contribution in [0.4, 0.5) is 22.7 Å². The van der Waals surface area contributed by atoms with Gasteiger partial charge in [-0.15, -0.1) is 0 Å². The van der Waals surface area contributed by atoms with Crippen LogP contribution in [0.25, 0.3) is 11.4 Å². The van der Waals surface area contributed by atoms with Gasteiger partial charge in [0, 0.05) is 86.2 Å². The molecule has 0 amide bonds. The first-order valence-corrected chi connectivity index (χ1v) is 36.9. The average molecular weight is 1520 g/mol. The van der Waals surface area contributed by atoms with Gasteiger partial charge in [-0.25, -0.2) is 28.1 Å². The Balaban J connectivity index is 0.000000179. The van der Waals surface area contributed by atoms with Gasteiger partial charge < -0.3 is 53.9 Å². The number of aromatic hydroxyl groups is 1. The Kier molecular flexibility index (Phi) is 28.1. The van der Waals surface area contributed by atoms with Crippen molar-refractivity contribution in [2.24, 2.45) is 0 Å². The summed E-state index contributed by atoms with van der Waals surface area (Å²) < 4.78 is 67.4. The number of aromatic nitrogens is 12. The van der Waals surface area contributed by atoms with Crippen LogP contribution in [0.3, 0.4) is 0 Å². The maximum atomic E-state index is 12.8. The number of piperazine rings is 2. The first-order chi connectivity index (χ1) is 51.0. The summed E-state index contributed by atoms with van der Waals surface area (Å²) in [5, 5.41) is 34.8. The summed E-state index contributed by atoms with van der Waals surface area (Å²) in [7, 11) is -3.88. The smallest absolute Gasteiger partial charge is 0.870 e. The van der Waals surface area contributed by atoms with Gasteiger partial charge in [-0.3, -0.25) is 4.18 Å².